The molecular formula is C6H13BF3KN2O. The third kappa shape index (κ3) is 11.0. The summed E-state index contributed by atoms with van der Waals surface area (Å²) in [6.07, 6.45) is -0.823. The van der Waals surface area contributed by atoms with Crippen LogP contribution in [0.2, 0.25) is 0 Å². The number of nitrogens with zero attached hydrogens (tertiary/aromatic N) is 1. The number of amides is 1. The number of carbonyl (C=O) groups excluding carboxylic acids is 1. The van der Waals surface area contributed by atoms with Crippen molar-refractivity contribution in [2.75, 3.05) is 27.1 Å². The summed E-state index contributed by atoms with van der Waals surface area (Å²) >= 11 is 0. The zero-order valence-corrected chi connectivity index (χ0v) is 11.8. The summed E-state index contributed by atoms with van der Waals surface area (Å²) in [7, 11) is 2.80. The van der Waals surface area contributed by atoms with Crippen molar-refractivity contribution in [3.05, 3.63) is 0 Å². The summed E-state index contributed by atoms with van der Waals surface area (Å²) in [5.41, 5.74) is 0. The monoisotopic (exact) mass is 236 g/mol. The van der Waals surface area contributed by atoms with Gasteiger partial charge in [0, 0.05) is 20.0 Å². The molecule has 3 nitrogen and oxygen atoms in total. The van der Waals surface area contributed by atoms with E-state index in [2.05, 4.69) is 5.32 Å². The summed E-state index contributed by atoms with van der Waals surface area (Å²) in [6.45, 7) is -4.66. The fourth-order valence-electron chi connectivity index (χ4n) is 0.862. The topological polar surface area (TPSA) is 32.3 Å². The van der Waals surface area contributed by atoms with Crippen LogP contribution in [0.4, 0.5) is 12.9 Å². The van der Waals surface area contributed by atoms with Crippen molar-refractivity contribution in [1.29, 1.82) is 0 Å². The Morgan fingerprint density at radius 3 is 2.29 bits per heavy atom. The van der Waals surface area contributed by atoms with E-state index in [-0.39, 0.29) is 70.3 Å². The average Bonchev–Trinajstić information content (AvgIpc) is 1.97. The molecule has 0 radical (unpaired) electrons. The van der Waals surface area contributed by atoms with Gasteiger partial charge in [0.1, 0.15) is 0 Å². The Morgan fingerprint density at radius 2 is 1.93 bits per heavy atom. The van der Waals surface area contributed by atoms with Crippen molar-refractivity contribution in [1.82, 2.24) is 10.2 Å². The second-order valence-electron chi connectivity index (χ2n) is 2.90. The van der Waals surface area contributed by atoms with E-state index in [9.17, 15) is 17.7 Å². The minimum atomic E-state index is -4.79. The van der Waals surface area contributed by atoms with Crippen molar-refractivity contribution in [3.63, 3.8) is 0 Å². The molecule has 0 unspecified atom stereocenters. The first-order valence-corrected chi connectivity index (χ1v) is 3.95. The van der Waals surface area contributed by atoms with Crippen LogP contribution < -0.4 is 56.7 Å². The fourth-order valence-corrected chi connectivity index (χ4v) is 0.862. The molecule has 0 aliphatic heterocycles. The van der Waals surface area contributed by atoms with Gasteiger partial charge in [-0.15, -0.1) is 0 Å². The van der Waals surface area contributed by atoms with Crippen LogP contribution in [0.15, 0.2) is 0 Å². The van der Waals surface area contributed by atoms with Gasteiger partial charge in [0.05, 0.1) is 0 Å². The van der Waals surface area contributed by atoms with Gasteiger partial charge >= 0.3 is 58.4 Å². The second kappa shape index (κ2) is 8.12. The van der Waals surface area contributed by atoms with Gasteiger partial charge in [-0.05, 0) is 13.5 Å². The molecule has 0 aliphatic carbocycles. The Bertz CT molecular complexity index is 179. The van der Waals surface area contributed by atoms with Crippen LogP contribution in [0.1, 0.15) is 6.42 Å². The summed E-state index contributed by atoms with van der Waals surface area (Å²) in [4.78, 5) is 11.8. The molecule has 0 aromatic rings. The summed E-state index contributed by atoms with van der Waals surface area (Å²) in [6, 6.07) is 0. The molecule has 0 rings (SSSR count). The molecular weight excluding hydrogens is 223 g/mol. The molecule has 78 valence electrons. The van der Waals surface area contributed by atoms with Crippen LogP contribution in [-0.2, 0) is 4.79 Å². The zero-order chi connectivity index (χ0) is 10.5. The first-order valence-electron chi connectivity index (χ1n) is 3.95. The maximum atomic E-state index is 11.8. The van der Waals surface area contributed by atoms with Crippen molar-refractivity contribution >= 4 is 12.9 Å². The first kappa shape index (κ1) is 17.3. The van der Waals surface area contributed by atoms with E-state index in [4.69, 9.17) is 0 Å². The van der Waals surface area contributed by atoms with Gasteiger partial charge in [0.25, 0.3) is 0 Å². The standard InChI is InChI=1S/C6H13BF3N2O.K/c1-11-6(13)3-4-12(2)5-7(8,9)10;/h3-5H2,1-2H3,(H,11,13);/q-1;+1. The summed E-state index contributed by atoms with van der Waals surface area (Å²) < 4.78 is 35.5. The Labute approximate surface area is 124 Å². The van der Waals surface area contributed by atoms with Crippen LogP contribution in [0.3, 0.4) is 0 Å². The molecule has 14 heavy (non-hydrogen) atoms. The SMILES string of the molecule is CNC(=O)CCN(C)C[B-](F)(F)F.[K+]. The van der Waals surface area contributed by atoms with E-state index in [1.807, 2.05) is 0 Å². The summed E-state index contributed by atoms with van der Waals surface area (Å²) in [5.74, 6) is -0.249. The van der Waals surface area contributed by atoms with E-state index < -0.39 is 13.4 Å². The predicted molar refractivity (Wildman–Crippen MR) is 45.3 cm³/mol. The molecule has 0 saturated heterocycles. The zero-order valence-electron chi connectivity index (χ0n) is 8.69. The van der Waals surface area contributed by atoms with Crippen LogP contribution in [-0.4, -0.2) is 44.9 Å². The normalized spacial score (nSPS) is 11.0. The number of hydrogen-bond acceptors (Lipinski definition) is 2. The van der Waals surface area contributed by atoms with Gasteiger partial charge in [-0.2, -0.15) is 0 Å². The molecule has 0 saturated carbocycles. The maximum Gasteiger partial charge on any atom is 1.00 e. The van der Waals surface area contributed by atoms with Crippen molar-refractivity contribution < 1.29 is 69.1 Å². The molecule has 8 heteroatoms. The van der Waals surface area contributed by atoms with Crippen molar-refractivity contribution in [2.24, 2.45) is 0 Å². The number of halogens is 3. The van der Waals surface area contributed by atoms with Crippen LogP contribution in [0, 0.1) is 0 Å². The van der Waals surface area contributed by atoms with Crippen LogP contribution in [0.5, 0.6) is 0 Å². The Morgan fingerprint density at radius 1 is 1.43 bits per heavy atom. The van der Waals surface area contributed by atoms with Crippen molar-refractivity contribution in [3.8, 4) is 0 Å². The Kier molecular flexibility index (Phi) is 10.0. The maximum absolute atomic E-state index is 11.8. The van der Waals surface area contributed by atoms with Crippen molar-refractivity contribution in [2.45, 2.75) is 6.42 Å². The molecule has 0 aromatic carbocycles. The molecule has 0 bridgehead atoms. The Hall–Kier alpha value is 0.921. The largest absolute Gasteiger partial charge is 1.00 e. The number of hydrogen-bond donors (Lipinski definition) is 1. The van der Waals surface area contributed by atoms with Gasteiger partial charge in [0.2, 0.25) is 5.91 Å². The fraction of sp³-hybridized carbons (Fsp3) is 0.833. The molecule has 0 atom stereocenters. The number of nitrogens with one attached hydrogen (secondary N) is 1. The van der Waals surface area contributed by atoms with E-state index >= 15 is 0 Å². The van der Waals surface area contributed by atoms with E-state index in [0.29, 0.717) is 0 Å². The van der Waals surface area contributed by atoms with E-state index in [0.717, 1.165) is 4.90 Å². The molecule has 0 spiro atoms. The quantitative estimate of drug-likeness (QED) is 0.533. The number of rotatable bonds is 5. The minimum Gasteiger partial charge on any atom is -0.448 e. The third-order valence-corrected chi connectivity index (χ3v) is 1.52. The van der Waals surface area contributed by atoms with Gasteiger partial charge in [-0.1, -0.05) is 0 Å². The molecule has 1 N–H and O–H groups in total. The first-order chi connectivity index (χ1) is 5.85. The third-order valence-electron chi connectivity index (χ3n) is 1.52. The average molecular weight is 236 g/mol. The minimum absolute atomic E-state index is 0. The molecule has 0 aliphatic rings. The molecule has 1 amide bonds. The number of carbonyl (C=O) groups is 1. The van der Waals surface area contributed by atoms with E-state index in [1.54, 1.807) is 0 Å². The molecule has 0 aromatic heterocycles. The smallest absolute Gasteiger partial charge is 0.448 e. The Balaban J connectivity index is 0. The molecule has 0 heterocycles. The van der Waals surface area contributed by atoms with Gasteiger partial charge in [-0.25, -0.2) is 0 Å². The van der Waals surface area contributed by atoms with Gasteiger partial charge in [-0.3, -0.25) is 4.79 Å². The van der Waals surface area contributed by atoms with Crippen LogP contribution >= 0.6 is 0 Å². The molecule has 0 fully saturated rings. The summed E-state index contributed by atoms with van der Waals surface area (Å²) in [5, 5.41) is 2.34. The van der Waals surface area contributed by atoms with Gasteiger partial charge in [0.15, 0.2) is 0 Å². The van der Waals surface area contributed by atoms with E-state index in [1.165, 1.54) is 14.1 Å². The second-order valence-corrected chi connectivity index (χ2v) is 2.90. The van der Waals surface area contributed by atoms with Crippen LogP contribution in [0.25, 0.3) is 0 Å². The predicted octanol–water partition coefficient (Wildman–Crippen LogP) is -2.56. The van der Waals surface area contributed by atoms with Gasteiger partial charge < -0.3 is 23.2 Å².